The second-order valence-corrected chi connectivity index (χ2v) is 5.52. The molecule has 0 spiro atoms. The topological polar surface area (TPSA) is 22.3 Å². The molecule has 1 rings (SSSR count). The van der Waals surface area contributed by atoms with Crippen molar-refractivity contribution in [2.75, 3.05) is 13.2 Å². The summed E-state index contributed by atoms with van der Waals surface area (Å²) in [7, 11) is 0. The van der Waals surface area contributed by atoms with Gasteiger partial charge < -0.3 is 4.74 Å². The summed E-state index contributed by atoms with van der Waals surface area (Å²) in [5.74, 6) is 0. The zero-order valence-electron chi connectivity index (χ0n) is 13.9. The van der Waals surface area contributed by atoms with E-state index in [-0.39, 0.29) is 0 Å². The fourth-order valence-electron chi connectivity index (χ4n) is 2.29. The highest BCUT2D eigenvalue weighted by Gasteiger charge is 2.04. The molecule has 0 aromatic carbocycles. The number of aromatic nitrogens is 1. The van der Waals surface area contributed by atoms with Gasteiger partial charge in [0.25, 0.3) is 0 Å². The van der Waals surface area contributed by atoms with E-state index in [1.54, 1.807) is 4.73 Å². The van der Waals surface area contributed by atoms with Crippen LogP contribution < -0.4 is 9.57 Å². The van der Waals surface area contributed by atoms with E-state index < -0.39 is 0 Å². The van der Waals surface area contributed by atoms with Crippen molar-refractivity contribution >= 4 is 0 Å². The lowest BCUT2D eigenvalue weighted by molar-refractivity contribution is -0.891. The quantitative estimate of drug-likeness (QED) is 0.404. The maximum Gasteiger partial charge on any atom is 0.227 e. The van der Waals surface area contributed by atoms with E-state index in [1.165, 1.54) is 44.9 Å². The number of rotatable bonds is 13. The average molecular weight is 294 g/mol. The Bertz CT molecular complexity index is 355. The van der Waals surface area contributed by atoms with E-state index in [0.29, 0.717) is 6.61 Å². The Balaban J connectivity index is 2.04. The second-order valence-electron chi connectivity index (χ2n) is 5.52. The normalized spacial score (nSPS) is 10.8. The van der Waals surface area contributed by atoms with Crippen LogP contribution in [0.5, 0.6) is 0 Å². The number of hydrogen-bond donors (Lipinski definition) is 0. The number of nitrogens with zero attached hydrogens (tertiary/aromatic N) is 1. The molecule has 120 valence electrons. The second kappa shape index (κ2) is 12.6. The Morgan fingerprint density at radius 2 is 1.67 bits per heavy atom. The third-order valence-electron chi connectivity index (χ3n) is 3.55. The van der Waals surface area contributed by atoms with Crippen molar-refractivity contribution in [3.63, 3.8) is 0 Å². The van der Waals surface area contributed by atoms with Crippen LogP contribution in [0.1, 0.15) is 70.8 Å². The van der Waals surface area contributed by atoms with Crippen molar-refractivity contribution in [1.29, 1.82) is 0 Å². The van der Waals surface area contributed by atoms with Crippen LogP contribution in [0, 0.1) is 0 Å². The van der Waals surface area contributed by atoms with Crippen molar-refractivity contribution in [1.82, 2.24) is 0 Å². The number of hydrogen-bond acceptors (Lipinski definition) is 2. The summed E-state index contributed by atoms with van der Waals surface area (Å²) < 4.78 is 7.20. The van der Waals surface area contributed by atoms with Crippen LogP contribution in [0.2, 0.25) is 0 Å². The van der Waals surface area contributed by atoms with E-state index in [0.717, 1.165) is 25.2 Å². The van der Waals surface area contributed by atoms with Gasteiger partial charge in [0.15, 0.2) is 6.61 Å². The first-order valence-corrected chi connectivity index (χ1v) is 8.58. The minimum absolute atomic E-state index is 0.651. The van der Waals surface area contributed by atoms with Crippen molar-refractivity contribution in [3.8, 4) is 0 Å². The summed E-state index contributed by atoms with van der Waals surface area (Å²) in [4.78, 5) is 5.73. The molecule has 0 N–H and O–H groups in total. The summed E-state index contributed by atoms with van der Waals surface area (Å²) in [5, 5.41) is 0. The fourth-order valence-corrected chi connectivity index (χ4v) is 2.29. The van der Waals surface area contributed by atoms with Gasteiger partial charge in [-0.3, -0.25) is 4.84 Å². The Kier molecular flexibility index (Phi) is 10.8. The molecule has 0 aliphatic carbocycles. The zero-order chi connectivity index (χ0) is 15.2. The number of unbranched alkanes of at least 4 members (excludes halogenated alkanes) is 7. The molecule has 1 aromatic heterocycles. The molecule has 3 nitrogen and oxygen atoms in total. The van der Waals surface area contributed by atoms with Crippen molar-refractivity contribution in [3.05, 3.63) is 30.1 Å². The van der Waals surface area contributed by atoms with E-state index in [1.807, 2.05) is 25.4 Å². The Morgan fingerprint density at radius 1 is 0.952 bits per heavy atom. The van der Waals surface area contributed by atoms with Crippen LogP contribution in [-0.2, 0) is 11.3 Å². The molecule has 0 fully saturated rings. The predicted molar refractivity (Wildman–Crippen MR) is 86.0 cm³/mol. The lowest BCUT2D eigenvalue weighted by Crippen LogP contribution is -2.42. The first-order chi connectivity index (χ1) is 10.4. The molecular weight excluding hydrogens is 262 g/mol. The van der Waals surface area contributed by atoms with Crippen LogP contribution in [-0.4, -0.2) is 13.2 Å². The van der Waals surface area contributed by atoms with E-state index in [2.05, 4.69) is 13.0 Å². The predicted octanol–water partition coefficient (Wildman–Crippen LogP) is 4.08. The van der Waals surface area contributed by atoms with E-state index >= 15 is 0 Å². The first kappa shape index (κ1) is 18.0. The highest BCUT2D eigenvalue weighted by molar-refractivity contribution is 5.03. The third kappa shape index (κ3) is 9.46. The lowest BCUT2D eigenvalue weighted by atomic mass is 10.1. The maximum absolute atomic E-state index is 5.73. The van der Waals surface area contributed by atoms with E-state index in [9.17, 15) is 0 Å². The maximum atomic E-state index is 5.73. The summed E-state index contributed by atoms with van der Waals surface area (Å²) in [6, 6.07) is 4.06. The molecule has 0 saturated carbocycles. The van der Waals surface area contributed by atoms with Crippen molar-refractivity contribution in [2.24, 2.45) is 0 Å². The fraction of sp³-hybridized carbons (Fsp3) is 0.722. The first-order valence-electron chi connectivity index (χ1n) is 8.58. The zero-order valence-corrected chi connectivity index (χ0v) is 13.9. The van der Waals surface area contributed by atoms with Gasteiger partial charge in [-0.15, -0.1) is 0 Å². The molecular formula is C18H32NO2+. The molecule has 0 atom stereocenters. The van der Waals surface area contributed by atoms with Gasteiger partial charge in [-0.1, -0.05) is 45.4 Å². The van der Waals surface area contributed by atoms with Gasteiger partial charge >= 0.3 is 0 Å². The molecule has 1 aromatic rings. The lowest BCUT2D eigenvalue weighted by Gasteiger charge is -2.02. The van der Waals surface area contributed by atoms with Crippen molar-refractivity contribution < 1.29 is 14.3 Å². The minimum atomic E-state index is 0.651. The number of ether oxygens (including phenoxy) is 1. The largest absolute Gasteiger partial charge is 0.377 e. The summed E-state index contributed by atoms with van der Waals surface area (Å²) in [6.07, 6.45) is 14.6. The molecule has 0 aliphatic rings. The van der Waals surface area contributed by atoms with Crippen LogP contribution in [0.3, 0.4) is 0 Å². The molecule has 21 heavy (non-hydrogen) atoms. The van der Waals surface area contributed by atoms with Gasteiger partial charge in [-0.05, 0) is 25.8 Å². The van der Waals surface area contributed by atoms with Gasteiger partial charge in [0, 0.05) is 23.0 Å². The summed E-state index contributed by atoms with van der Waals surface area (Å²) in [6.45, 7) is 6.46. The SMILES string of the molecule is CCCCCCCCCCO[n+]1cccc(COCC)c1. The smallest absolute Gasteiger partial charge is 0.227 e. The van der Waals surface area contributed by atoms with Crippen LogP contribution >= 0.6 is 0 Å². The highest BCUT2D eigenvalue weighted by atomic mass is 16.7. The van der Waals surface area contributed by atoms with Crippen LogP contribution in [0.4, 0.5) is 0 Å². The average Bonchev–Trinajstić information content (AvgIpc) is 2.52. The van der Waals surface area contributed by atoms with Crippen LogP contribution in [0.15, 0.2) is 24.5 Å². The van der Waals surface area contributed by atoms with E-state index in [4.69, 9.17) is 9.57 Å². The molecule has 0 saturated heterocycles. The van der Waals surface area contributed by atoms with Gasteiger partial charge in [0.2, 0.25) is 12.4 Å². The highest BCUT2D eigenvalue weighted by Crippen LogP contribution is 2.07. The number of pyridine rings is 1. The monoisotopic (exact) mass is 294 g/mol. The molecule has 0 unspecified atom stereocenters. The molecule has 1 heterocycles. The van der Waals surface area contributed by atoms with Gasteiger partial charge in [-0.2, -0.15) is 0 Å². The molecule has 0 aliphatic heterocycles. The van der Waals surface area contributed by atoms with Crippen LogP contribution in [0.25, 0.3) is 0 Å². The van der Waals surface area contributed by atoms with Gasteiger partial charge in [-0.25, -0.2) is 0 Å². The van der Waals surface area contributed by atoms with Gasteiger partial charge in [0.1, 0.15) is 0 Å². The minimum Gasteiger partial charge on any atom is -0.377 e. The molecule has 0 radical (unpaired) electrons. The Labute approximate surface area is 130 Å². The third-order valence-corrected chi connectivity index (χ3v) is 3.55. The Morgan fingerprint density at radius 3 is 2.38 bits per heavy atom. The van der Waals surface area contributed by atoms with Crippen molar-refractivity contribution in [2.45, 2.75) is 71.8 Å². The van der Waals surface area contributed by atoms with Gasteiger partial charge in [0.05, 0.1) is 6.61 Å². The Hall–Kier alpha value is -1.09. The molecule has 0 amide bonds. The summed E-state index contributed by atoms with van der Waals surface area (Å²) in [5.41, 5.74) is 1.15. The molecule has 0 bridgehead atoms. The standard InChI is InChI=1S/C18H32NO2/c1-3-5-6-7-8-9-10-11-15-21-19-14-12-13-18(16-19)17-20-4-2/h12-14,16H,3-11,15,17H2,1-2H3/q+1. The summed E-state index contributed by atoms with van der Waals surface area (Å²) >= 11 is 0. The molecule has 3 heteroatoms.